The van der Waals surface area contributed by atoms with Crippen molar-refractivity contribution in [1.29, 1.82) is 0 Å². The second-order valence-electron chi connectivity index (χ2n) is 9.26. The number of sulfonamides is 1. The van der Waals surface area contributed by atoms with Crippen LogP contribution in [-0.2, 0) is 19.6 Å². The van der Waals surface area contributed by atoms with Crippen molar-refractivity contribution in [3.8, 4) is 5.75 Å². The normalized spacial score (nSPS) is 11.8. The van der Waals surface area contributed by atoms with Crippen molar-refractivity contribution in [1.82, 2.24) is 0 Å². The van der Waals surface area contributed by atoms with Gasteiger partial charge in [-0.15, -0.1) is 0 Å². The zero-order valence-electron chi connectivity index (χ0n) is 22.6. The van der Waals surface area contributed by atoms with Crippen LogP contribution in [0.3, 0.4) is 0 Å². The van der Waals surface area contributed by atoms with Crippen LogP contribution in [0, 0.1) is 13.8 Å². The zero-order valence-corrected chi connectivity index (χ0v) is 23.4. The molecule has 8 nitrogen and oxygen atoms in total. The minimum atomic E-state index is -4.01. The number of ether oxygens (including phenoxy) is 2. The fourth-order valence-corrected chi connectivity index (χ4v) is 5.44. The number of hydrogen-bond donors (Lipinski definition) is 1. The van der Waals surface area contributed by atoms with E-state index in [1.807, 2.05) is 32.0 Å². The van der Waals surface area contributed by atoms with Crippen molar-refractivity contribution >= 4 is 33.3 Å². The van der Waals surface area contributed by atoms with Crippen LogP contribution in [0.25, 0.3) is 0 Å². The molecule has 0 aromatic heterocycles. The van der Waals surface area contributed by atoms with Gasteiger partial charge in [0.05, 0.1) is 23.3 Å². The van der Waals surface area contributed by atoms with Crippen LogP contribution in [0.1, 0.15) is 33.2 Å². The molecule has 0 aliphatic carbocycles. The molecule has 0 heterocycles. The Morgan fingerprint density at radius 2 is 1.48 bits per heavy atom. The first-order valence-corrected chi connectivity index (χ1v) is 13.9. The lowest BCUT2D eigenvalue weighted by molar-refractivity contribution is -0.125. The van der Waals surface area contributed by atoms with Crippen LogP contribution in [0.4, 0.5) is 11.4 Å². The van der Waals surface area contributed by atoms with Gasteiger partial charge in [-0.3, -0.25) is 9.10 Å². The second-order valence-corrected chi connectivity index (χ2v) is 11.2. The Morgan fingerprint density at radius 3 is 2.10 bits per heavy atom. The Morgan fingerprint density at radius 1 is 0.825 bits per heavy atom. The number of carbonyl (C=O) groups excluding carboxylic acids is 2. The lowest BCUT2D eigenvalue weighted by atomic mass is 10.1. The number of nitrogens with one attached hydrogen (secondary N) is 1. The highest BCUT2D eigenvalue weighted by atomic mass is 32.2. The molecule has 40 heavy (non-hydrogen) atoms. The average Bonchev–Trinajstić information content (AvgIpc) is 2.95. The van der Waals surface area contributed by atoms with Crippen molar-refractivity contribution in [3.05, 3.63) is 119 Å². The third-order valence-electron chi connectivity index (χ3n) is 6.22. The van der Waals surface area contributed by atoms with Gasteiger partial charge >= 0.3 is 5.97 Å². The minimum Gasteiger partial charge on any atom is -0.497 e. The highest BCUT2D eigenvalue weighted by Gasteiger charge is 2.28. The summed E-state index contributed by atoms with van der Waals surface area (Å²) in [5, 5.41) is 2.83. The third-order valence-corrected chi connectivity index (χ3v) is 8.00. The maximum absolute atomic E-state index is 13.4. The monoisotopic (exact) mass is 558 g/mol. The zero-order chi connectivity index (χ0) is 28.9. The number of hydrogen-bond acceptors (Lipinski definition) is 6. The molecule has 206 valence electrons. The van der Waals surface area contributed by atoms with Gasteiger partial charge in [0.1, 0.15) is 5.75 Å². The second kappa shape index (κ2) is 12.0. The van der Waals surface area contributed by atoms with Gasteiger partial charge in [-0.25, -0.2) is 13.2 Å². The van der Waals surface area contributed by atoms with Crippen LogP contribution in [-0.4, -0.2) is 34.5 Å². The Kier molecular flexibility index (Phi) is 8.55. The molecule has 0 fully saturated rings. The lowest BCUT2D eigenvalue weighted by Gasteiger charge is -2.21. The molecule has 0 saturated heterocycles. The lowest BCUT2D eigenvalue weighted by Crippen LogP contribution is -2.27. The van der Waals surface area contributed by atoms with Crippen molar-refractivity contribution in [3.63, 3.8) is 0 Å². The summed E-state index contributed by atoms with van der Waals surface area (Å²) >= 11 is 0. The fourth-order valence-electron chi connectivity index (χ4n) is 4.20. The molecule has 0 unspecified atom stereocenters. The van der Waals surface area contributed by atoms with E-state index < -0.39 is 28.0 Å². The number of esters is 1. The van der Waals surface area contributed by atoms with Crippen molar-refractivity contribution in [2.75, 3.05) is 23.8 Å². The van der Waals surface area contributed by atoms with Gasteiger partial charge in [0, 0.05) is 18.3 Å². The summed E-state index contributed by atoms with van der Waals surface area (Å²) in [6, 6.07) is 26.3. The van der Waals surface area contributed by atoms with Gasteiger partial charge < -0.3 is 14.8 Å². The summed E-state index contributed by atoms with van der Waals surface area (Å²) in [6.07, 6.45) is -1.27. The molecule has 0 radical (unpaired) electrons. The molecule has 9 heteroatoms. The molecule has 0 spiro atoms. The van der Waals surface area contributed by atoms with Gasteiger partial charge in [0.15, 0.2) is 0 Å². The fraction of sp³-hybridized carbons (Fsp3) is 0.161. The summed E-state index contributed by atoms with van der Waals surface area (Å²) in [4.78, 5) is 26.5. The Hall–Kier alpha value is -4.63. The Bertz CT molecular complexity index is 1600. The van der Waals surface area contributed by atoms with Gasteiger partial charge in [-0.2, -0.15) is 0 Å². The van der Waals surface area contributed by atoms with Gasteiger partial charge in [-0.1, -0.05) is 42.5 Å². The molecule has 0 aliphatic heterocycles. The molecule has 0 bridgehead atoms. The number of carbonyl (C=O) groups is 2. The molecule has 4 rings (SSSR count). The van der Waals surface area contributed by atoms with Crippen LogP contribution in [0.2, 0.25) is 0 Å². The van der Waals surface area contributed by atoms with E-state index in [1.165, 1.54) is 38.4 Å². The highest BCUT2D eigenvalue weighted by Crippen LogP contribution is 2.27. The Labute approximate surface area is 234 Å². The number of benzene rings is 4. The van der Waals surface area contributed by atoms with Gasteiger partial charge in [0.2, 0.25) is 6.10 Å². The largest absolute Gasteiger partial charge is 0.497 e. The molecular formula is C31H30N2O6S. The van der Waals surface area contributed by atoms with Crippen molar-refractivity contribution in [2.45, 2.75) is 24.8 Å². The minimum absolute atomic E-state index is 0.00987. The van der Waals surface area contributed by atoms with Gasteiger partial charge in [-0.05, 0) is 79.6 Å². The first-order chi connectivity index (χ1) is 19.1. The van der Waals surface area contributed by atoms with E-state index in [9.17, 15) is 18.0 Å². The first-order valence-electron chi connectivity index (χ1n) is 12.5. The average molecular weight is 559 g/mol. The smallest absolute Gasteiger partial charge is 0.339 e. The quantitative estimate of drug-likeness (QED) is 0.266. The molecule has 4 aromatic rings. The maximum atomic E-state index is 13.4. The van der Waals surface area contributed by atoms with E-state index in [4.69, 9.17) is 9.47 Å². The standard InChI is InChI=1S/C31H30N2O6S/c1-21-17-22(2)19-25(18-21)32-30(34)29(23-9-6-5-7-10-23)39-31(35)24-11-8-12-28(20-24)40(36,37)33(3)26-13-15-27(38-4)16-14-26/h5-20,29H,1-4H3,(H,32,34)/t29-/m0/s1. The first kappa shape index (κ1) is 28.4. The van der Waals surface area contributed by atoms with Crippen LogP contribution in [0.15, 0.2) is 102 Å². The Balaban J connectivity index is 1.59. The van der Waals surface area contributed by atoms with Gasteiger partial charge in [0.25, 0.3) is 15.9 Å². The summed E-state index contributed by atoms with van der Waals surface area (Å²) in [7, 11) is -1.06. The van der Waals surface area contributed by atoms with E-state index in [-0.39, 0.29) is 10.5 Å². The number of methoxy groups -OCH3 is 1. The highest BCUT2D eigenvalue weighted by molar-refractivity contribution is 7.92. The van der Waals surface area contributed by atoms with E-state index in [0.29, 0.717) is 22.7 Å². The molecule has 0 aliphatic rings. The number of anilines is 2. The number of amides is 1. The molecule has 0 saturated carbocycles. The summed E-state index contributed by atoms with van der Waals surface area (Å²) < 4.78 is 38.6. The molecule has 4 aromatic carbocycles. The SMILES string of the molecule is COc1ccc(N(C)S(=O)(=O)c2cccc(C(=O)O[C@H](C(=O)Nc3cc(C)cc(C)c3)c3ccccc3)c2)cc1. The topological polar surface area (TPSA) is 102 Å². The van der Waals surface area contributed by atoms with E-state index in [1.54, 1.807) is 54.6 Å². The molecule has 1 amide bonds. The number of nitrogens with zero attached hydrogens (tertiary/aromatic N) is 1. The summed E-state index contributed by atoms with van der Waals surface area (Å²) in [6.45, 7) is 3.84. The van der Waals surface area contributed by atoms with E-state index in [2.05, 4.69) is 5.32 Å². The summed E-state index contributed by atoms with van der Waals surface area (Å²) in [5.74, 6) is -0.782. The van der Waals surface area contributed by atoms with Crippen molar-refractivity contribution in [2.24, 2.45) is 0 Å². The third kappa shape index (κ3) is 6.50. The summed E-state index contributed by atoms with van der Waals surface area (Å²) in [5.41, 5.74) is 3.41. The predicted molar refractivity (Wildman–Crippen MR) is 154 cm³/mol. The van der Waals surface area contributed by atoms with Crippen LogP contribution >= 0.6 is 0 Å². The van der Waals surface area contributed by atoms with E-state index in [0.717, 1.165) is 15.4 Å². The number of rotatable bonds is 9. The van der Waals surface area contributed by atoms with Crippen LogP contribution < -0.4 is 14.4 Å². The van der Waals surface area contributed by atoms with Crippen molar-refractivity contribution < 1.29 is 27.5 Å². The predicted octanol–water partition coefficient (Wildman–Crippen LogP) is 5.67. The van der Waals surface area contributed by atoms with Crippen LogP contribution in [0.5, 0.6) is 5.75 Å². The molecular weight excluding hydrogens is 528 g/mol. The number of aryl methyl sites for hydroxylation is 2. The maximum Gasteiger partial charge on any atom is 0.339 e. The van der Waals surface area contributed by atoms with E-state index >= 15 is 0 Å². The molecule has 1 atom stereocenters. The molecule has 1 N–H and O–H groups in total.